The molecule has 0 aliphatic rings. The van der Waals surface area contributed by atoms with Gasteiger partial charge in [0.2, 0.25) is 0 Å². The van der Waals surface area contributed by atoms with Crippen LogP contribution in [0.1, 0.15) is 28.5 Å². The second-order valence-corrected chi connectivity index (χ2v) is 5.69. The van der Waals surface area contributed by atoms with Crippen LogP contribution in [0.4, 0.5) is 0 Å². The average molecular weight is 310 g/mol. The van der Waals surface area contributed by atoms with Crippen LogP contribution in [0.3, 0.4) is 0 Å². The van der Waals surface area contributed by atoms with E-state index in [0.29, 0.717) is 12.1 Å². The molecule has 23 heavy (non-hydrogen) atoms. The van der Waals surface area contributed by atoms with Gasteiger partial charge in [-0.3, -0.25) is 4.79 Å². The topological polar surface area (TPSA) is 75.1 Å². The Kier molecular flexibility index (Phi) is 3.56. The number of carbonyl (C=O) groups is 1. The normalized spacial score (nSPS) is 11.1. The summed E-state index contributed by atoms with van der Waals surface area (Å²) in [7, 11) is 2.01. The monoisotopic (exact) mass is 310 g/mol. The van der Waals surface area contributed by atoms with Gasteiger partial charge in [-0.05, 0) is 48.7 Å². The zero-order chi connectivity index (χ0) is 16.7. The number of H-pyrrole nitrogens is 1. The molecule has 0 aliphatic carbocycles. The minimum absolute atomic E-state index is 0.220. The highest BCUT2D eigenvalue weighted by Gasteiger charge is 2.14. The molecule has 5 heteroatoms. The van der Waals surface area contributed by atoms with Gasteiger partial charge in [-0.1, -0.05) is 13.0 Å². The van der Waals surface area contributed by atoms with Crippen LogP contribution in [-0.4, -0.2) is 20.6 Å². The molecule has 3 aromatic rings. The Balaban J connectivity index is 2.23. The fraction of sp³-hybridized carbons (Fsp3) is 0.222. The Hall–Kier alpha value is -2.82. The third-order valence-electron chi connectivity index (χ3n) is 4.31. The largest absolute Gasteiger partial charge is 0.477 e. The molecule has 0 aliphatic heterocycles. The van der Waals surface area contributed by atoms with E-state index >= 15 is 0 Å². The summed E-state index contributed by atoms with van der Waals surface area (Å²) in [6.45, 7) is 3.98. The van der Waals surface area contributed by atoms with Gasteiger partial charge in [0.25, 0.3) is 5.56 Å². The van der Waals surface area contributed by atoms with Crippen molar-refractivity contribution >= 4 is 16.9 Å². The Morgan fingerprint density at radius 1 is 1.26 bits per heavy atom. The maximum atomic E-state index is 12.0. The van der Waals surface area contributed by atoms with E-state index in [0.717, 1.165) is 27.7 Å². The number of hydrogen-bond acceptors (Lipinski definition) is 2. The molecule has 1 aromatic carbocycles. The molecule has 0 saturated carbocycles. The molecule has 2 N–H and O–H groups in total. The van der Waals surface area contributed by atoms with Gasteiger partial charge in [-0.15, -0.1) is 0 Å². The standard InChI is InChI=1S/C18H18N2O3/c1-4-11-9-14(18(22)23)17(21)19-16(11)12-5-6-15-13(8-12)7-10(2)20(15)3/h5-9H,4H2,1-3H3,(H,19,21)(H,22,23). The number of nitrogens with zero attached hydrogens (tertiary/aromatic N) is 1. The van der Waals surface area contributed by atoms with Crippen molar-refractivity contribution in [3.05, 3.63) is 57.5 Å². The maximum absolute atomic E-state index is 12.0. The van der Waals surface area contributed by atoms with E-state index in [9.17, 15) is 9.59 Å². The molecule has 0 radical (unpaired) electrons. The summed E-state index contributed by atoms with van der Waals surface area (Å²) in [5.41, 5.74) is 3.86. The molecule has 2 heterocycles. The van der Waals surface area contributed by atoms with E-state index in [1.807, 2.05) is 39.1 Å². The van der Waals surface area contributed by atoms with Crippen LogP contribution in [0.5, 0.6) is 0 Å². The highest BCUT2D eigenvalue weighted by Crippen LogP contribution is 2.27. The predicted octanol–water partition coefficient (Wildman–Crippen LogP) is 3.10. The Morgan fingerprint density at radius 2 is 2.00 bits per heavy atom. The van der Waals surface area contributed by atoms with E-state index < -0.39 is 11.5 Å². The number of aromatic carboxylic acids is 1. The van der Waals surface area contributed by atoms with Crippen LogP contribution in [0, 0.1) is 6.92 Å². The highest BCUT2D eigenvalue weighted by molar-refractivity contribution is 5.89. The van der Waals surface area contributed by atoms with Crippen molar-refractivity contribution in [2.45, 2.75) is 20.3 Å². The number of fused-ring (bicyclic) bond motifs is 1. The van der Waals surface area contributed by atoms with Crippen LogP contribution in [0.2, 0.25) is 0 Å². The van der Waals surface area contributed by atoms with Gasteiger partial charge < -0.3 is 14.7 Å². The Labute approximate surface area is 133 Å². The molecule has 2 aromatic heterocycles. The maximum Gasteiger partial charge on any atom is 0.341 e. The first-order valence-electron chi connectivity index (χ1n) is 7.48. The number of hydrogen-bond donors (Lipinski definition) is 2. The zero-order valence-corrected chi connectivity index (χ0v) is 13.3. The molecule has 0 amide bonds. The van der Waals surface area contributed by atoms with Crippen LogP contribution >= 0.6 is 0 Å². The van der Waals surface area contributed by atoms with E-state index in [1.165, 1.54) is 6.07 Å². The SMILES string of the molecule is CCc1cc(C(=O)O)c(=O)[nH]c1-c1ccc2c(c1)cc(C)n2C. The first-order chi connectivity index (χ1) is 10.9. The number of benzene rings is 1. The number of pyridine rings is 1. The molecule has 0 atom stereocenters. The van der Waals surface area contributed by atoms with Crippen molar-refractivity contribution in [1.82, 2.24) is 9.55 Å². The molecular formula is C18H18N2O3. The summed E-state index contributed by atoms with van der Waals surface area (Å²) in [5, 5.41) is 10.2. The van der Waals surface area contributed by atoms with Gasteiger partial charge in [-0.2, -0.15) is 0 Å². The van der Waals surface area contributed by atoms with E-state index in [2.05, 4.69) is 15.6 Å². The second kappa shape index (κ2) is 5.43. The molecular weight excluding hydrogens is 292 g/mol. The molecule has 0 fully saturated rings. The molecule has 118 valence electrons. The fourth-order valence-corrected chi connectivity index (χ4v) is 2.91. The molecule has 0 bridgehead atoms. The van der Waals surface area contributed by atoms with E-state index in [1.54, 1.807) is 0 Å². The minimum atomic E-state index is -1.21. The summed E-state index contributed by atoms with van der Waals surface area (Å²) in [6, 6.07) is 9.55. The minimum Gasteiger partial charge on any atom is -0.477 e. The van der Waals surface area contributed by atoms with Crippen LogP contribution < -0.4 is 5.56 Å². The molecule has 3 rings (SSSR count). The second-order valence-electron chi connectivity index (χ2n) is 5.69. The molecule has 0 spiro atoms. The van der Waals surface area contributed by atoms with Crippen LogP contribution in [0.15, 0.2) is 35.1 Å². The summed E-state index contributed by atoms with van der Waals surface area (Å²) < 4.78 is 2.11. The van der Waals surface area contributed by atoms with Crippen LogP contribution in [0.25, 0.3) is 22.2 Å². The lowest BCUT2D eigenvalue weighted by Crippen LogP contribution is -2.19. The quantitative estimate of drug-likeness (QED) is 0.780. The first-order valence-corrected chi connectivity index (χ1v) is 7.48. The van der Waals surface area contributed by atoms with Crippen molar-refractivity contribution in [2.24, 2.45) is 7.05 Å². The van der Waals surface area contributed by atoms with E-state index in [-0.39, 0.29) is 5.56 Å². The number of aromatic amines is 1. The molecule has 5 nitrogen and oxygen atoms in total. The lowest BCUT2D eigenvalue weighted by atomic mass is 10.0. The number of carboxylic acid groups (broad SMARTS) is 1. The zero-order valence-electron chi connectivity index (χ0n) is 13.3. The average Bonchev–Trinajstić information content (AvgIpc) is 2.81. The van der Waals surface area contributed by atoms with Gasteiger partial charge in [0.05, 0.1) is 5.69 Å². The molecule has 0 unspecified atom stereocenters. The van der Waals surface area contributed by atoms with Gasteiger partial charge in [0.15, 0.2) is 0 Å². The predicted molar refractivity (Wildman–Crippen MR) is 90.1 cm³/mol. The van der Waals surface area contributed by atoms with Gasteiger partial charge in [0.1, 0.15) is 5.56 Å². The number of aryl methyl sites for hydroxylation is 3. The van der Waals surface area contributed by atoms with Crippen molar-refractivity contribution in [3.63, 3.8) is 0 Å². The smallest absolute Gasteiger partial charge is 0.341 e. The van der Waals surface area contributed by atoms with Gasteiger partial charge >= 0.3 is 5.97 Å². The summed E-state index contributed by atoms with van der Waals surface area (Å²) in [4.78, 5) is 25.9. The fourth-order valence-electron chi connectivity index (χ4n) is 2.91. The third-order valence-corrected chi connectivity index (χ3v) is 4.31. The lowest BCUT2D eigenvalue weighted by Gasteiger charge is -2.09. The highest BCUT2D eigenvalue weighted by atomic mass is 16.4. The summed E-state index contributed by atoms with van der Waals surface area (Å²) in [5.74, 6) is -1.21. The Bertz CT molecular complexity index is 980. The van der Waals surface area contributed by atoms with Crippen molar-refractivity contribution in [3.8, 4) is 11.3 Å². The summed E-state index contributed by atoms with van der Waals surface area (Å²) >= 11 is 0. The number of aromatic nitrogens is 2. The van der Waals surface area contributed by atoms with Gasteiger partial charge in [-0.25, -0.2) is 4.79 Å². The number of rotatable bonds is 3. The number of nitrogens with one attached hydrogen (secondary N) is 1. The Morgan fingerprint density at radius 3 is 2.65 bits per heavy atom. The lowest BCUT2D eigenvalue weighted by molar-refractivity contribution is 0.0695. The van der Waals surface area contributed by atoms with Crippen LogP contribution in [-0.2, 0) is 13.5 Å². The van der Waals surface area contributed by atoms with Crippen molar-refractivity contribution in [2.75, 3.05) is 0 Å². The third kappa shape index (κ3) is 2.44. The van der Waals surface area contributed by atoms with E-state index in [4.69, 9.17) is 5.11 Å². The first kappa shape index (κ1) is 15.1. The summed E-state index contributed by atoms with van der Waals surface area (Å²) in [6.07, 6.45) is 0.637. The van der Waals surface area contributed by atoms with Crippen molar-refractivity contribution in [1.29, 1.82) is 0 Å². The van der Waals surface area contributed by atoms with Gasteiger partial charge in [0, 0.05) is 23.6 Å². The molecule has 0 saturated heterocycles. The number of carboxylic acids is 1. The van der Waals surface area contributed by atoms with Crippen molar-refractivity contribution < 1.29 is 9.90 Å².